The molecule has 102 valence electrons. The quantitative estimate of drug-likeness (QED) is 0.661. The standard InChI is InChI=1S/C11H7IN4O2S2/c12-7-4-5-10(13-6-7)16-20(17,18)9-3-1-2-8-11(9)15-19-14-8/h1-6H,(H,13,16). The number of rotatable bonds is 3. The van der Waals surface area contributed by atoms with Gasteiger partial charge in [0.15, 0.2) is 0 Å². The molecule has 2 aromatic heterocycles. The average Bonchev–Trinajstić information content (AvgIpc) is 2.89. The third-order valence-corrected chi connectivity index (χ3v) is 5.07. The molecular formula is C11H7IN4O2S2. The van der Waals surface area contributed by atoms with E-state index in [4.69, 9.17) is 0 Å². The third-order valence-electron chi connectivity index (χ3n) is 2.50. The van der Waals surface area contributed by atoms with Gasteiger partial charge in [-0.15, -0.1) is 0 Å². The van der Waals surface area contributed by atoms with E-state index in [1.54, 1.807) is 30.5 Å². The highest BCUT2D eigenvalue weighted by Gasteiger charge is 2.19. The molecule has 9 heteroatoms. The van der Waals surface area contributed by atoms with Crippen molar-refractivity contribution in [3.63, 3.8) is 0 Å². The van der Waals surface area contributed by atoms with Crippen LogP contribution in [0.2, 0.25) is 0 Å². The molecule has 0 saturated heterocycles. The Labute approximate surface area is 132 Å². The first kappa shape index (κ1) is 13.6. The lowest BCUT2D eigenvalue weighted by molar-refractivity contribution is 0.601. The highest BCUT2D eigenvalue weighted by Crippen LogP contribution is 2.23. The van der Waals surface area contributed by atoms with Crippen LogP contribution in [0.25, 0.3) is 11.0 Å². The maximum atomic E-state index is 12.4. The van der Waals surface area contributed by atoms with Crippen LogP contribution in [-0.2, 0) is 10.0 Å². The molecule has 0 spiro atoms. The molecule has 0 aliphatic carbocycles. The summed E-state index contributed by atoms with van der Waals surface area (Å²) in [7, 11) is -3.73. The molecular weight excluding hydrogens is 411 g/mol. The topological polar surface area (TPSA) is 84.8 Å². The van der Waals surface area contributed by atoms with Crippen molar-refractivity contribution in [3.05, 3.63) is 40.1 Å². The van der Waals surface area contributed by atoms with Gasteiger partial charge in [0.25, 0.3) is 10.0 Å². The molecule has 0 radical (unpaired) electrons. The number of hydrogen-bond acceptors (Lipinski definition) is 6. The molecule has 2 heterocycles. The lowest BCUT2D eigenvalue weighted by Gasteiger charge is -2.07. The van der Waals surface area contributed by atoms with Crippen LogP contribution in [0.1, 0.15) is 0 Å². The number of sulfonamides is 1. The van der Waals surface area contributed by atoms with Gasteiger partial charge >= 0.3 is 0 Å². The fraction of sp³-hybridized carbons (Fsp3) is 0. The fourth-order valence-electron chi connectivity index (χ4n) is 1.63. The summed E-state index contributed by atoms with van der Waals surface area (Å²) in [5, 5.41) is 0. The molecule has 0 aliphatic rings. The van der Waals surface area contributed by atoms with Crippen LogP contribution < -0.4 is 4.72 Å². The first-order valence-electron chi connectivity index (χ1n) is 5.42. The summed E-state index contributed by atoms with van der Waals surface area (Å²) in [5.74, 6) is 0.269. The lowest BCUT2D eigenvalue weighted by Crippen LogP contribution is -2.14. The molecule has 0 saturated carbocycles. The first-order chi connectivity index (χ1) is 9.56. The van der Waals surface area contributed by atoms with Crippen molar-refractivity contribution in [2.75, 3.05) is 4.72 Å². The zero-order chi connectivity index (χ0) is 14.2. The van der Waals surface area contributed by atoms with Gasteiger partial charge in [0, 0.05) is 9.77 Å². The third kappa shape index (κ3) is 2.60. The summed E-state index contributed by atoms with van der Waals surface area (Å²) in [6, 6.07) is 8.24. The highest BCUT2D eigenvalue weighted by atomic mass is 127. The summed E-state index contributed by atoms with van der Waals surface area (Å²) >= 11 is 3.08. The van der Waals surface area contributed by atoms with Crippen LogP contribution in [0.5, 0.6) is 0 Å². The minimum absolute atomic E-state index is 0.101. The number of fused-ring (bicyclic) bond motifs is 1. The molecule has 1 N–H and O–H groups in total. The van der Waals surface area contributed by atoms with Crippen molar-refractivity contribution in [3.8, 4) is 0 Å². The van der Waals surface area contributed by atoms with E-state index in [1.807, 2.05) is 0 Å². The number of halogens is 1. The molecule has 0 bridgehead atoms. The number of benzene rings is 1. The molecule has 0 atom stereocenters. The van der Waals surface area contributed by atoms with Gasteiger partial charge < -0.3 is 0 Å². The molecule has 3 aromatic rings. The molecule has 0 fully saturated rings. The molecule has 3 rings (SSSR count). The smallest absolute Gasteiger partial charge is 0.263 e. The highest BCUT2D eigenvalue weighted by molar-refractivity contribution is 14.1. The van der Waals surface area contributed by atoms with Crippen LogP contribution in [0.3, 0.4) is 0 Å². The number of anilines is 1. The maximum absolute atomic E-state index is 12.4. The van der Waals surface area contributed by atoms with E-state index < -0.39 is 10.0 Å². The number of nitrogens with one attached hydrogen (secondary N) is 1. The summed E-state index contributed by atoms with van der Waals surface area (Å²) in [5.41, 5.74) is 0.934. The van der Waals surface area contributed by atoms with E-state index in [0.717, 1.165) is 15.3 Å². The van der Waals surface area contributed by atoms with Gasteiger partial charge in [-0.3, -0.25) is 4.72 Å². The van der Waals surface area contributed by atoms with Crippen LogP contribution in [-0.4, -0.2) is 22.1 Å². The van der Waals surface area contributed by atoms with Crippen molar-refractivity contribution in [2.24, 2.45) is 0 Å². The minimum Gasteiger partial charge on any atom is -0.263 e. The molecule has 1 aromatic carbocycles. The number of aromatic nitrogens is 3. The summed E-state index contributed by atoms with van der Waals surface area (Å²) in [4.78, 5) is 4.13. The van der Waals surface area contributed by atoms with Crippen molar-refractivity contribution in [2.45, 2.75) is 4.90 Å². The van der Waals surface area contributed by atoms with Crippen molar-refractivity contribution >= 4 is 61.2 Å². The Morgan fingerprint density at radius 2 is 2.00 bits per heavy atom. The van der Waals surface area contributed by atoms with Crippen LogP contribution in [0.4, 0.5) is 5.82 Å². The number of hydrogen-bond donors (Lipinski definition) is 1. The average molecular weight is 418 g/mol. The Morgan fingerprint density at radius 3 is 2.75 bits per heavy atom. The Morgan fingerprint density at radius 1 is 1.15 bits per heavy atom. The Hall–Kier alpha value is -1.33. The van der Waals surface area contributed by atoms with E-state index in [-0.39, 0.29) is 10.7 Å². The molecule has 20 heavy (non-hydrogen) atoms. The zero-order valence-corrected chi connectivity index (χ0v) is 13.6. The van der Waals surface area contributed by atoms with Gasteiger partial charge in [0.05, 0.1) is 11.7 Å². The second-order valence-electron chi connectivity index (χ2n) is 3.86. The summed E-state index contributed by atoms with van der Waals surface area (Å²) in [6.45, 7) is 0. The second kappa shape index (κ2) is 5.22. The van der Waals surface area contributed by atoms with Crippen LogP contribution >= 0.6 is 34.3 Å². The maximum Gasteiger partial charge on any atom is 0.265 e. The largest absolute Gasteiger partial charge is 0.265 e. The van der Waals surface area contributed by atoms with Crippen molar-refractivity contribution < 1.29 is 8.42 Å². The van der Waals surface area contributed by atoms with E-state index >= 15 is 0 Å². The number of nitrogens with zero attached hydrogens (tertiary/aromatic N) is 3. The van der Waals surface area contributed by atoms with Gasteiger partial charge in [0.2, 0.25) is 0 Å². The second-order valence-corrected chi connectivity index (χ2v) is 7.28. The Bertz CT molecular complexity index is 862. The number of pyridine rings is 1. The molecule has 0 aliphatic heterocycles. The van der Waals surface area contributed by atoms with Crippen LogP contribution in [0.15, 0.2) is 41.4 Å². The van der Waals surface area contributed by atoms with Gasteiger partial charge in [-0.25, -0.2) is 13.4 Å². The minimum atomic E-state index is -3.73. The lowest BCUT2D eigenvalue weighted by atomic mass is 10.3. The van der Waals surface area contributed by atoms with E-state index in [9.17, 15) is 8.42 Å². The Kier molecular flexibility index (Phi) is 3.56. The van der Waals surface area contributed by atoms with Crippen LogP contribution in [0, 0.1) is 3.57 Å². The fourth-order valence-corrected chi connectivity index (χ4v) is 3.72. The van der Waals surface area contributed by atoms with E-state index in [1.165, 1.54) is 6.07 Å². The predicted molar refractivity (Wildman–Crippen MR) is 85.2 cm³/mol. The Balaban J connectivity index is 2.03. The SMILES string of the molecule is O=S(=O)(Nc1ccc(I)cn1)c1cccc2nsnc12. The molecule has 0 unspecified atom stereocenters. The monoisotopic (exact) mass is 418 g/mol. The first-order valence-corrected chi connectivity index (χ1v) is 8.71. The van der Waals surface area contributed by atoms with Gasteiger partial charge in [-0.2, -0.15) is 8.75 Å². The van der Waals surface area contributed by atoms with Crippen molar-refractivity contribution in [1.82, 2.24) is 13.7 Å². The van der Waals surface area contributed by atoms with Gasteiger partial charge in [0.1, 0.15) is 21.7 Å². The predicted octanol–water partition coefficient (Wildman–Crippen LogP) is 2.49. The summed E-state index contributed by atoms with van der Waals surface area (Å²) in [6.07, 6.45) is 1.59. The molecule has 6 nitrogen and oxygen atoms in total. The van der Waals surface area contributed by atoms with E-state index in [2.05, 4.69) is 41.0 Å². The van der Waals surface area contributed by atoms with Gasteiger partial charge in [-0.1, -0.05) is 6.07 Å². The molecule has 0 amide bonds. The summed E-state index contributed by atoms with van der Waals surface area (Å²) < 4.78 is 36.2. The van der Waals surface area contributed by atoms with Crippen molar-refractivity contribution in [1.29, 1.82) is 0 Å². The van der Waals surface area contributed by atoms with E-state index in [0.29, 0.717) is 11.0 Å². The normalized spacial score (nSPS) is 11.7. The van der Waals surface area contributed by atoms with Gasteiger partial charge in [-0.05, 0) is 46.9 Å². The zero-order valence-electron chi connectivity index (χ0n) is 9.82.